The highest BCUT2D eigenvalue weighted by Crippen LogP contribution is 2.32. The lowest BCUT2D eigenvalue weighted by atomic mass is 10.0. The van der Waals surface area contributed by atoms with Crippen LogP contribution in [0.4, 0.5) is 0 Å². The average molecular weight is 329 g/mol. The summed E-state index contributed by atoms with van der Waals surface area (Å²) in [5.41, 5.74) is 0.332. The molecule has 0 radical (unpaired) electrons. The first-order valence-electron chi connectivity index (χ1n) is 8.15. The molecule has 0 aromatic carbocycles. The van der Waals surface area contributed by atoms with Crippen molar-refractivity contribution in [2.75, 3.05) is 13.2 Å². The molecule has 4 rings (SSSR count). The predicted molar refractivity (Wildman–Crippen MR) is 83.7 cm³/mol. The van der Waals surface area contributed by atoms with Crippen LogP contribution >= 0.6 is 0 Å². The number of hydrogen-bond acceptors (Lipinski definition) is 6. The third-order valence-corrected chi connectivity index (χ3v) is 4.51. The minimum atomic E-state index is -0.212. The van der Waals surface area contributed by atoms with Crippen LogP contribution in [-0.4, -0.2) is 52.3 Å². The van der Waals surface area contributed by atoms with E-state index in [0.717, 1.165) is 12.8 Å². The van der Waals surface area contributed by atoms with Gasteiger partial charge in [-0.1, -0.05) is 5.16 Å². The van der Waals surface area contributed by atoms with Gasteiger partial charge in [-0.15, -0.1) is 0 Å². The van der Waals surface area contributed by atoms with Crippen molar-refractivity contribution in [2.45, 2.75) is 38.0 Å². The summed E-state index contributed by atoms with van der Waals surface area (Å²) in [5.74, 6) is 1.17. The van der Waals surface area contributed by atoms with Gasteiger partial charge in [0.2, 0.25) is 0 Å². The number of ether oxygens (including phenoxy) is 2. The third-order valence-electron chi connectivity index (χ3n) is 4.51. The van der Waals surface area contributed by atoms with Gasteiger partial charge < -0.3 is 18.9 Å². The Morgan fingerprint density at radius 2 is 2.38 bits per heavy atom. The van der Waals surface area contributed by atoms with E-state index in [1.54, 1.807) is 25.4 Å². The average Bonchev–Trinajstić information content (AvgIpc) is 3.20. The number of aromatic nitrogens is 2. The Labute approximate surface area is 139 Å². The molecule has 3 atom stereocenters. The normalized spacial score (nSPS) is 26.2. The zero-order valence-corrected chi connectivity index (χ0v) is 13.4. The van der Waals surface area contributed by atoms with Crippen LogP contribution < -0.4 is 4.74 Å². The van der Waals surface area contributed by atoms with E-state index in [2.05, 4.69) is 10.1 Å². The summed E-state index contributed by atoms with van der Waals surface area (Å²) in [6.07, 6.45) is 4.86. The van der Waals surface area contributed by atoms with Gasteiger partial charge in [-0.25, -0.2) is 0 Å². The summed E-state index contributed by atoms with van der Waals surface area (Å²) >= 11 is 0. The molecule has 0 unspecified atom stereocenters. The van der Waals surface area contributed by atoms with Crippen LogP contribution in [0.2, 0.25) is 0 Å². The van der Waals surface area contributed by atoms with E-state index >= 15 is 0 Å². The van der Waals surface area contributed by atoms with E-state index in [0.29, 0.717) is 30.4 Å². The molecule has 7 heteroatoms. The number of nitrogens with zero attached hydrogens (tertiary/aromatic N) is 3. The molecule has 2 fully saturated rings. The van der Waals surface area contributed by atoms with Crippen molar-refractivity contribution in [3.8, 4) is 5.75 Å². The van der Waals surface area contributed by atoms with Crippen molar-refractivity contribution in [3.05, 3.63) is 42.0 Å². The van der Waals surface area contributed by atoms with Crippen molar-refractivity contribution in [1.82, 2.24) is 15.0 Å². The lowest BCUT2D eigenvalue weighted by molar-refractivity contribution is -0.0447. The molecule has 0 saturated carbocycles. The second-order valence-electron chi connectivity index (χ2n) is 6.17. The van der Waals surface area contributed by atoms with Crippen LogP contribution in [0.3, 0.4) is 0 Å². The Morgan fingerprint density at radius 3 is 3.12 bits per heavy atom. The van der Waals surface area contributed by atoms with E-state index in [9.17, 15) is 4.79 Å². The van der Waals surface area contributed by atoms with E-state index in [-0.39, 0.29) is 24.2 Å². The largest absolute Gasteiger partial charge is 0.484 e. The van der Waals surface area contributed by atoms with Crippen LogP contribution in [0, 0.1) is 6.92 Å². The van der Waals surface area contributed by atoms with E-state index in [1.807, 2.05) is 17.0 Å². The van der Waals surface area contributed by atoms with Crippen molar-refractivity contribution in [1.29, 1.82) is 0 Å². The van der Waals surface area contributed by atoms with E-state index in [4.69, 9.17) is 14.0 Å². The molecule has 2 aliphatic rings. The number of likely N-dealkylation sites (tertiary alicyclic amines) is 1. The molecule has 126 valence electrons. The molecule has 1 amide bonds. The fourth-order valence-electron chi connectivity index (χ4n) is 3.45. The second-order valence-corrected chi connectivity index (χ2v) is 6.17. The number of hydrogen-bond donors (Lipinski definition) is 0. The van der Waals surface area contributed by atoms with Gasteiger partial charge in [-0.05, 0) is 31.9 Å². The van der Waals surface area contributed by atoms with Crippen molar-refractivity contribution in [3.63, 3.8) is 0 Å². The first-order valence-corrected chi connectivity index (χ1v) is 8.15. The number of pyridine rings is 1. The van der Waals surface area contributed by atoms with E-state index < -0.39 is 0 Å². The topological polar surface area (TPSA) is 77.7 Å². The highest BCUT2D eigenvalue weighted by Gasteiger charge is 2.48. The molecule has 0 spiro atoms. The van der Waals surface area contributed by atoms with Gasteiger partial charge in [0, 0.05) is 18.9 Å². The molecular formula is C17H19N3O4. The number of aryl methyl sites for hydroxylation is 1. The molecular weight excluding hydrogens is 310 g/mol. The van der Waals surface area contributed by atoms with Gasteiger partial charge in [0.15, 0.2) is 5.69 Å². The van der Waals surface area contributed by atoms with Crippen LogP contribution in [0.15, 0.2) is 35.1 Å². The molecule has 2 aromatic rings. The predicted octanol–water partition coefficient (Wildman–Crippen LogP) is 1.83. The highest BCUT2D eigenvalue weighted by molar-refractivity contribution is 5.92. The Kier molecular flexibility index (Phi) is 3.93. The monoisotopic (exact) mass is 329 g/mol. The smallest absolute Gasteiger partial charge is 0.276 e. The van der Waals surface area contributed by atoms with Crippen LogP contribution in [0.1, 0.15) is 29.1 Å². The third kappa shape index (κ3) is 2.75. The summed E-state index contributed by atoms with van der Waals surface area (Å²) < 4.78 is 17.0. The molecule has 2 aromatic heterocycles. The van der Waals surface area contributed by atoms with Gasteiger partial charge in [0.1, 0.15) is 23.7 Å². The van der Waals surface area contributed by atoms with E-state index in [1.165, 1.54) is 0 Å². The fourth-order valence-corrected chi connectivity index (χ4v) is 3.45. The fraction of sp³-hybridized carbons (Fsp3) is 0.471. The maximum atomic E-state index is 12.8. The van der Waals surface area contributed by atoms with Gasteiger partial charge >= 0.3 is 0 Å². The molecule has 2 saturated heterocycles. The van der Waals surface area contributed by atoms with Gasteiger partial charge in [0.25, 0.3) is 5.91 Å². The Hall–Kier alpha value is -2.41. The standard InChI is InChI=1S/C17H19N3O4/c1-11-8-13(19-24-11)17(21)20-10-15(16-14(20)5-3-7-22-16)23-12-4-2-6-18-9-12/h2,4,6,8-9,14-16H,3,5,7,10H2,1H3/t14-,15-,16+/m1/s1. The number of rotatable bonds is 3. The molecule has 2 aliphatic heterocycles. The van der Waals surface area contributed by atoms with Crippen molar-refractivity contribution in [2.24, 2.45) is 0 Å². The second kappa shape index (κ2) is 6.24. The minimum Gasteiger partial charge on any atom is -0.484 e. The maximum absolute atomic E-state index is 12.8. The quantitative estimate of drug-likeness (QED) is 0.855. The van der Waals surface area contributed by atoms with Crippen LogP contribution in [0.5, 0.6) is 5.75 Å². The maximum Gasteiger partial charge on any atom is 0.276 e. The lowest BCUT2D eigenvalue weighted by Crippen LogP contribution is -2.44. The van der Waals surface area contributed by atoms with Crippen molar-refractivity contribution >= 4 is 5.91 Å². The summed E-state index contributed by atoms with van der Waals surface area (Å²) in [5, 5.41) is 3.85. The summed E-state index contributed by atoms with van der Waals surface area (Å²) in [4.78, 5) is 18.7. The number of amides is 1. The molecule has 4 heterocycles. The highest BCUT2D eigenvalue weighted by atomic mass is 16.5. The number of carbonyl (C=O) groups is 1. The van der Waals surface area contributed by atoms with Crippen LogP contribution in [-0.2, 0) is 4.74 Å². The number of carbonyl (C=O) groups excluding carboxylic acids is 1. The SMILES string of the molecule is Cc1cc(C(=O)N2C[C@@H](Oc3cccnc3)[C@H]3OCCC[C@H]32)no1. The first kappa shape index (κ1) is 15.1. The Morgan fingerprint density at radius 1 is 1.46 bits per heavy atom. The molecule has 0 N–H and O–H groups in total. The molecule has 0 aliphatic carbocycles. The summed E-state index contributed by atoms with van der Waals surface area (Å²) in [6.45, 7) is 2.93. The zero-order chi connectivity index (χ0) is 16.5. The minimum absolute atomic E-state index is 0.00456. The lowest BCUT2D eigenvalue weighted by Gasteiger charge is -2.31. The first-order chi connectivity index (χ1) is 11.7. The molecule has 24 heavy (non-hydrogen) atoms. The van der Waals surface area contributed by atoms with Gasteiger partial charge in [-0.2, -0.15) is 0 Å². The van der Waals surface area contributed by atoms with Gasteiger partial charge in [-0.3, -0.25) is 9.78 Å². The number of fused-ring (bicyclic) bond motifs is 1. The Balaban J connectivity index is 1.56. The Bertz CT molecular complexity index is 718. The summed E-state index contributed by atoms with van der Waals surface area (Å²) in [7, 11) is 0. The molecule has 0 bridgehead atoms. The van der Waals surface area contributed by atoms with Crippen LogP contribution in [0.25, 0.3) is 0 Å². The zero-order valence-electron chi connectivity index (χ0n) is 13.4. The molecule has 7 nitrogen and oxygen atoms in total. The summed E-state index contributed by atoms with van der Waals surface area (Å²) in [6, 6.07) is 5.35. The van der Waals surface area contributed by atoms with Crippen molar-refractivity contribution < 1.29 is 18.8 Å². The van der Waals surface area contributed by atoms with Gasteiger partial charge in [0.05, 0.1) is 18.8 Å².